The van der Waals surface area contributed by atoms with Crippen LogP contribution in [0.15, 0.2) is 34.7 Å². The number of rotatable bonds is 12. The SMILES string of the molecule is CCOC(=O)CCC(=O)Nc1cc(-c2cc3cccc(OC(C)(C)C(=O)OCC)c3o2)sc1C(=O)OCC. The topological polar surface area (TPSA) is 130 Å². The van der Waals surface area contributed by atoms with E-state index in [0.29, 0.717) is 27.4 Å². The second kappa shape index (κ2) is 12.6. The maximum Gasteiger partial charge on any atom is 0.350 e. The average Bonchev–Trinajstić information content (AvgIpc) is 3.48. The summed E-state index contributed by atoms with van der Waals surface area (Å²) in [7, 11) is 0. The van der Waals surface area contributed by atoms with E-state index in [2.05, 4.69) is 5.32 Å². The number of thiophene rings is 1. The molecule has 3 aromatic rings. The van der Waals surface area contributed by atoms with Crippen LogP contribution in [0.5, 0.6) is 5.75 Å². The van der Waals surface area contributed by atoms with Gasteiger partial charge in [-0.05, 0) is 52.8 Å². The minimum absolute atomic E-state index is 0.0834. The van der Waals surface area contributed by atoms with Crippen LogP contribution >= 0.6 is 11.3 Å². The van der Waals surface area contributed by atoms with Crippen molar-refractivity contribution in [3.63, 3.8) is 0 Å². The number of para-hydroxylation sites is 1. The van der Waals surface area contributed by atoms with Crippen LogP contribution in [-0.4, -0.2) is 49.2 Å². The summed E-state index contributed by atoms with van der Waals surface area (Å²) >= 11 is 1.09. The van der Waals surface area contributed by atoms with Gasteiger partial charge < -0.3 is 28.7 Å². The number of carbonyl (C=O) groups is 4. The van der Waals surface area contributed by atoms with Gasteiger partial charge in [0.05, 0.1) is 36.8 Å². The molecule has 1 amide bonds. The molecule has 0 bridgehead atoms. The zero-order valence-corrected chi connectivity index (χ0v) is 22.8. The van der Waals surface area contributed by atoms with E-state index in [-0.39, 0.29) is 43.2 Å². The molecule has 0 saturated carbocycles. The number of amides is 1. The number of hydrogen-bond acceptors (Lipinski definition) is 10. The highest BCUT2D eigenvalue weighted by Gasteiger charge is 2.33. The average molecular weight is 546 g/mol. The highest BCUT2D eigenvalue weighted by molar-refractivity contribution is 7.18. The van der Waals surface area contributed by atoms with E-state index < -0.39 is 29.4 Å². The number of benzene rings is 1. The second-order valence-electron chi connectivity index (χ2n) is 8.55. The van der Waals surface area contributed by atoms with Crippen molar-refractivity contribution >= 4 is 51.8 Å². The van der Waals surface area contributed by atoms with Gasteiger partial charge in [0.1, 0.15) is 10.6 Å². The van der Waals surface area contributed by atoms with Crippen LogP contribution in [0.3, 0.4) is 0 Å². The Morgan fingerprint density at radius 3 is 2.34 bits per heavy atom. The molecule has 3 rings (SSSR count). The summed E-state index contributed by atoms with van der Waals surface area (Å²) < 4.78 is 27.2. The summed E-state index contributed by atoms with van der Waals surface area (Å²) in [6.45, 7) is 8.91. The van der Waals surface area contributed by atoms with Crippen molar-refractivity contribution in [2.75, 3.05) is 25.1 Å². The Balaban J connectivity index is 1.91. The van der Waals surface area contributed by atoms with Crippen molar-refractivity contribution in [2.45, 2.75) is 53.1 Å². The molecule has 0 unspecified atom stereocenters. The highest BCUT2D eigenvalue weighted by atomic mass is 32.1. The minimum atomic E-state index is -1.25. The Bertz CT molecular complexity index is 1320. The van der Waals surface area contributed by atoms with E-state index >= 15 is 0 Å². The lowest BCUT2D eigenvalue weighted by Crippen LogP contribution is -2.39. The van der Waals surface area contributed by atoms with Crippen LogP contribution < -0.4 is 10.1 Å². The first-order valence-corrected chi connectivity index (χ1v) is 13.1. The van der Waals surface area contributed by atoms with E-state index in [4.69, 9.17) is 23.4 Å². The predicted octanol–water partition coefficient (Wildman–Crippen LogP) is 5.34. The smallest absolute Gasteiger partial charge is 0.350 e. The van der Waals surface area contributed by atoms with Gasteiger partial charge in [-0.2, -0.15) is 0 Å². The van der Waals surface area contributed by atoms with E-state index in [0.717, 1.165) is 11.3 Å². The first kappa shape index (κ1) is 28.7. The zero-order chi connectivity index (χ0) is 27.9. The number of hydrogen-bond donors (Lipinski definition) is 1. The Morgan fingerprint density at radius 1 is 0.947 bits per heavy atom. The van der Waals surface area contributed by atoms with Crippen LogP contribution in [-0.2, 0) is 28.6 Å². The van der Waals surface area contributed by atoms with Crippen molar-refractivity contribution in [3.8, 4) is 16.4 Å². The highest BCUT2D eigenvalue weighted by Crippen LogP contribution is 2.40. The van der Waals surface area contributed by atoms with Gasteiger partial charge in [-0.15, -0.1) is 11.3 Å². The van der Waals surface area contributed by atoms with Gasteiger partial charge in [-0.3, -0.25) is 9.59 Å². The molecule has 204 valence electrons. The van der Waals surface area contributed by atoms with E-state index in [1.807, 2.05) is 6.07 Å². The molecule has 0 spiro atoms. The summed E-state index contributed by atoms with van der Waals surface area (Å²) in [6, 6.07) is 8.66. The summed E-state index contributed by atoms with van der Waals surface area (Å²) in [5.74, 6) is -1.26. The minimum Gasteiger partial charge on any atom is -0.472 e. The molecule has 0 aliphatic heterocycles. The monoisotopic (exact) mass is 545 g/mol. The molecule has 0 aliphatic rings. The van der Waals surface area contributed by atoms with Gasteiger partial charge in [0.15, 0.2) is 16.9 Å². The molecule has 2 heterocycles. The molecule has 0 saturated heterocycles. The quantitative estimate of drug-likeness (QED) is 0.237. The van der Waals surface area contributed by atoms with Crippen LogP contribution in [0.2, 0.25) is 0 Å². The predicted molar refractivity (Wildman–Crippen MR) is 141 cm³/mol. The Morgan fingerprint density at radius 2 is 1.66 bits per heavy atom. The number of furan rings is 1. The molecule has 0 fully saturated rings. The normalized spacial score (nSPS) is 11.2. The molecule has 1 N–H and O–H groups in total. The van der Waals surface area contributed by atoms with Crippen molar-refractivity contribution in [1.82, 2.24) is 0 Å². The van der Waals surface area contributed by atoms with Crippen molar-refractivity contribution < 1.29 is 42.5 Å². The number of esters is 3. The third-order valence-corrected chi connectivity index (χ3v) is 6.34. The summed E-state index contributed by atoms with van der Waals surface area (Å²) in [5.41, 5.74) is -0.596. The molecule has 0 aliphatic carbocycles. The lowest BCUT2D eigenvalue weighted by Gasteiger charge is -2.23. The standard InChI is InChI=1S/C27H31NO9S/c1-6-33-22(30)13-12-21(29)28-17-15-20(38-24(17)25(31)34-7-2)19-14-16-10-9-11-18(23(16)36-19)37-27(4,5)26(32)35-8-3/h9-11,14-15H,6-8,12-13H2,1-5H3,(H,28,29). The zero-order valence-electron chi connectivity index (χ0n) is 22.0. The number of nitrogens with one attached hydrogen (secondary N) is 1. The van der Waals surface area contributed by atoms with Crippen LogP contribution in [0.4, 0.5) is 5.69 Å². The fourth-order valence-corrected chi connectivity index (χ4v) is 4.43. The Hall–Kier alpha value is -3.86. The molecule has 0 radical (unpaired) electrons. The van der Waals surface area contributed by atoms with E-state index in [9.17, 15) is 19.2 Å². The second-order valence-corrected chi connectivity index (χ2v) is 9.60. The first-order valence-electron chi connectivity index (χ1n) is 12.2. The maximum atomic E-state index is 12.6. The van der Waals surface area contributed by atoms with Gasteiger partial charge >= 0.3 is 17.9 Å². The largest absolute Gasteiger partial charge is 0.472 e. The van der Waals surface area contributed by atoms with E-state index in [1.165, 1.54) is 0 Å². The Kier molecular flexibility index (Phi) is 9.51. The van der Waals surface area contributed by atoms with Gasteiger partial charge in [0, 0.05) is 11.8 Å². The maximum absolute atomic E-state index is 12.6. The lowest BCUT2D eigenvalue weighted by atomic mass is 10.1. The molecule has 1 aromatic carbocycles. The first-order chi connectivity index (χ1) is 18.1. The summed E-state index contributed by atoms with van der Waals surface area (Å²) in [6.07, 6.45) is -0.187. The fraction of sp³-hybridized carbons (Fsp3) is 0.407. The molecule has 38 heavy (non-hydrogen) atoms. The third kappa shape index (κ3) is 6.91. The van der Waals surface area contributed by atoms with Gasteiger partial charge in [0.2, 0.25) is 5.91 Å². The van der Waals surface area contributed by atoms with Crippen molar-refractivity contribution in [1.29, 1.82) is 0 Å². The van der Waals surface area contributed by atoms with E-state index in [1.54, 1.807) is 58.9 Å². The van der Waals surface area contributed by atoms with Crippen LogP contribution in [0, 0.1) is 0 Å². The fourth-order valence-electron chi connectivity index (χ4n) is 3.47. The number of anilines is 1. The Labute approximate surface area is 224 Å². The summed E-state index contributed by atoms with van der Waals surface area (Å²) in [5, 5.41) is 3.39. The molecular weight excluding hydrogens is 514 g/mol. The molecule has 11 heteroatoms. The number of carbonyl (C=O) groups excluding carboxylic acids is 4. The van der Waals surface area contributed by atoms with Gasteiger partial charge in [-0.1, -0.05) is 12.1 Å². The molecule has 10 nitrogen and oxygen atoms in total. The molecule has 2 aromatic heterocycles. The molecular formula is C27H31NO9S. The van der Waals surface area contributed by atoms with Crippen LogP contribution in [0.1, 0.15) is 57.1 Å². The van der Waals surface area contributed by atoms with Gasteiger partial charge in [0.25, 0.3) is 0 Å². The van der Waals surface area contributed by atoms with Crippen LogP contribution in [0.25, 0.3) is 21.6 Å². The molecule has 0 atom stereocenters. The van der Waals surface area contributed by atoms with Crippen molar-refractivity contribution in [3.05, 3.63) is 35.2 Å². The summed E-state index contributed by atoms with van der Waals surface area (Å²) in [4.78, 5) is 49.7. The lowest BCUT2D eigenvalue weighted by molar-refractivity contribution is -0.158. The third-order valence-electron chi connectivity index (χ3n) is 5.21. The number of ether oxygens (including phenoxy) is 4. The van der Waals surface area contributed by atoms with Crippen molar-refractivity contribution in [2.24, 2.45) is 0 Å². The van der Waals surface area contributed by atoms with Gasteiger partial charge in [-0.25, -0.2) is 9.59 Å². The number of fused-ring (bicyclic) bond motifs is 1.